The second-order valence-corrected chi connectivity index (χ2v) is 7.40. The highest BCUT2D eigenvalue weighted by molar-refractivity contribution is 5.80. The predicted octanol–water partition coefficient (Wildman–Crippen LogP) is 2.64. The molecular weight excluding hydrogens is 408 g/mol. The van der Waals surface area contributed by atoms with Gasteiger partial charge < -0.3 is 9.67 Å². The molecule has 32 heavy (non-hydrogen) atoms. The van der Waals surface area contributed by atoms with Gasteiger partial charge in [-0.2, -0.15) is 4.98 Å². The van der Waals surface area contributed by atoms with Crippen LogP contribution in [0.3, 0.4) is 0 Å². The summed E-state index contributed by atoms with van der Waals surface area (Å²) in [6.45, 7) is 4.19. The quantitative estimate of drug-likeness (QED) is 0.461. The first-order valence-electron chi connectivity index (χ1n) is 10.2. The highest BCUT2D eigenvalue weighted by atomic mass is 16.4. The Morgan fingerprint density at radius 1 is 1.09 bits per heavy atom. The fraction of sp³-hybridized carbons (Fsp3) is 0.217. The number of carboxylic acid groups (broad SMARTS) is 1. The summed E-state index contributed by atoms with van der Waals surface area (Å²) in [5.41, 5.74) is 4.31. The molecule has 0 saturated heterocycles. The van der Waals surface area contributed by atoms with Crippen molar-refractivity contribution < 1.29 is 9.90 Å². The number of aliphatic carboxylic acids is 1. The SMILES string of the molecule is CCc1nc(=O)c(CC(=O)O)c(C)n1Cc1ccc(-c2ccccc2-c2nnn[nH]2)cc1. The fourth-order valence-electron chi connectivity index (χ4n) is 3.78. The molecule has 9 nitrogen and oxygen atoms in total. The summed E-state index contributed by atoms with van der Waals surface area (Å²) in [6.07, 6.45) is 0.230. The molecule has 0 aliphatic carbocycles. The first kappa shape index (κ1) is 21.1. The number of nitrogens with zero attached hydrogens (tertiary/aromatic N) is 5. The molecule has 2 heterocycles. The van der Waals surface area contributed by atoms with Crippen LogP contribution < -0.4 is 5.56 Å². The molecule has 0 bridgehead atoms. The summed E-state index contributed by atoms with van der Waals surface area (Å²) in [4.78, 5) is 27.6. The van der Waals surface area contributed by atoms with Gasteiger partial charge in [-0.1, -0.05) is 55.5 Å². The molecule has 4 rings (SSSR count). The third kappa shape index (κ3) is 4.18. The van der Waals surface area contributed by atoms with Crippen LogP contribution in [-0.4, -0.2) is 41.3 Å². The molecule has 0 saturated carbocycles. The molecule has 162 valence electrons. The number of H-pyrrole nitrogens is 1. The lowest BCUT2D eigenvalue weighted by Gasteiger charge is -2.18. The van der Waals surface area contributed by atoms with E-state index in [9.17, 15) is 9.59 Å². The fourth-order valence-corrected chi connectivity index (χ4v) is 3.78. The van der Waals surface area contributed by atoms with Gasteiger partial charge in [-0.25, -0.2) is 5.10 Å². The second-order valence-electron chi connectivity index (χ2n) is 7.40. The zero-order valence-electron chi connectivity index (χ0n) is 17.7. The molecule has 0 radical (unpaired) electrons. The van der Waals surface area contributed by atoms with Gasteiger partial charge in [0.2, 0.25) is 0 Å². The number of aryl methyl sites for hydroxylation is 1. The number of aromatic nitrogens is 6. The van der Waals surface area contributed by atoms with Crippen molar-refractivity contribution in [3.63, 3.8) is 0 Å². The molecule has 0 fully saturated rings. The van der Waals surface area contributed by atoms with Gasteiger partial charge in [0, 0.05) is 29.8 Å². The molecule has 9 heteroatoms. The van der Waals surface area contributed by atoms with Crippen molar-refractivity contribution in [3.05, 3.63) is 81.5 Å². The molecule has 2 aromatic heterocycles. The zero-order valence-corrected chi connectivity index (χ0v) is 17.7. The second kappa shape index (κ2) is 8.93. The number of benzene rings is 2. The molecule has 0 spiro atoms. The van der Waals surface area contributed by atoms with Gasteiger partial charge >= 0.3 is 5.97 Å². The standard InChI is InChI=1S/C23H22N6O3/c1-3-20-24-23(32)19(12-21(30)31)14(2)29(20)13-15-8-10-16(11-9-15)17-6-4-5-7-18(17)22-25-27-28-26-22/h4-11H,3,12-13H2,1-2H3,(H,30,31)(H,25,26,27,28). The lowest BCUT2D eigenvalue weighted by molar-refractivity contribution is -0.136. The van der Waals surface area contributed by atoms with Crippen LogP contribution in [0.5, 0.6) is 0 Å². The van der Waals surface area contributed by atoms with Crippen molar-refractivity contribution in [2.75, 3.05) is 0 Å². The average molecular weight is 430 g/mol. The summed E-state index contributed by atoms with van der Waals surface area (Å²) in [7, 11) is 0. The van der Waals surface area contributed by atoms with Crippen LogP contribution in [0.25, 0.3) is 22.5 Å². The van der Waals surface area contributed by atoms with Crippen molar-refractivity contribution in [1.29, 1.82) is 0 Å². The van der Waals surface area contributed by atoms with Crippen molar-refractivity contribution in [3.8, 4) is 22.5 Å². The number of hydrogen-bond donors (Lipinski definition) is 2. The van der Waals surface area contributed by atoms with Gasteiger partial charge in [-0.3, -0.25) is 9.59 Å². The smallest absolute Gasteiger partial charge is 0.308 e. The number of aromatic amines is 1. The van der Waals surface area contributed by atoms with Gasteiger partial charge in [0.1, 0.15) is 5.82 Å². The van der Waals surface area contributed by atoms with E-state index in [1.54, 1.807) is 6.92 Å². The van der Waals surface area contributed by atoms with E-state index in [2.05, 4.69) is 25.6 Å². The van der Waals surface area contributed by atoms with Crippen LogP contribution in [-0.2, 0) is 24.2 Å². The van der Waals surface area contributed by atoms with E-state index < -0.39 is 11.5 Å². The minimum Gasteiger partial charge on any atom is -0.481 e. The summed E-state index contributed by atoms with van der Waals surface area (Å²) in [5.74, 6) is 0.180. The van der Waals surface area contributed by atoms with Crippen LogP contribution >= 0.6 is 0 Å². The van der Waals surface area contributed by atoms with E-state index in [0.717, 1.165) is 22.3 Å². The average Bonchev–Trinajstić information content (AvgIpc) is 3.33. The van der Waals surface area contributed by atoms with Gasteiger partial charge in [0.15, 0.2) is 5.82 Å². The number of tetrazole rings is 1. The van der Waals surface area contributed by atoms with Gasteiger partial charge in [-0.15, -0.1) is 5.10 Å². The molecule has 0 aliphatic rings. The Morgan fingerprint density at radius 3 is 2.44 bits per heavy atom. The van der Waals surface area contributed by atoms with Crippen LogP contribution in [0, 0.1) is 6.92 Å². The number of rotatable bonds is 7. The van der Waals surface area contributed by atoms with Crippen LogP contribution in [0.1, 0.15) is 29.6 Å². The van der Waals surface area contributed by atoms with E-state index >= 15 is 0 Å². The van der Waals surface area contributed by atoms with E-state index in [4.69, 9.17) is 5.11 Å². The molecule has 4 aromatic rings. The summed E-state index contributed by atoms with van der Waals surface area (Å²) in [6, 6.07) is 15.9. The molecule has 0 amide bonds. The molecule has 0 unspecified atom stereocenters. The van der Waals surface area contributed by atoms with E-state index in [1.165, 1.54) is 0 Å². The Hall–Kier alpha value is -4.14. The van der Waals surface area contributed by atoms with Crippen molar-refractivity contribution in [2.24, 2.45) is 0 Å². The van der Waals surface area contributed by atoms with Crippen LogP contribution in [0.2, 0.25) is 0 Å². The largest absolute Gasteiger partial charge is 0.481 e. The number of nitrogens with one attached hydrogen (secondary N) is 1. The molecule has 2 N–H and O–H groups in total. The zero-order chi connectivity index (χ0) is 22.7. The Kier molecular flexibility index (Phi) is 5.89. The third-order valence-electron chi connectivity index (χ3n) is 5.42. The lowest BCUT2D eigenvalue weighted by atomic mass is 9.98. The van der Waals surface area contributed by atoms with Crippen molar-refractivity contribution in [2.45, 2.75) is 33.2 Å². The molecular formula is C23H22N6O3. The first-order valence-corrected chi connectivity index (χ1v) is 10.2. The molecule has 2 aromatic carbocycles. The van der Waals surface area contributed by atoms with Crippen LogP contribution in [0.4, 0.5) is 0 Å². The monoisotopic (exact) mass is 430 g/mol. The number of carboxylic acids is 1. The number of carbonyl (C=O) groups is 1. The Morgan fingerprint density at radius 2 is 1.81 bits per heavy atom. The maximum Gasteiger partial charge on any atom is 0.308 e. The topological polar surface area (TPSA) is 127 Å². The van der Waals surface area contributed by atoms with Crippen molar-refractivity contribution >= 4 is 5.97 Å². The van der Waals surface area contributed by atoms with E-state index in [0.29, 0.717) is 30.3 Å². The molecule has 0 atom stereocenters. The predicted molar refractivity (Wildman–Crippen MR) is 118 cm³/mol. The lowest BCUT2D eigenvalue weighted by Crippen LogP contribution is -2.26. The van der Waals surface area contributed by atoms with Crippen molar-refractivity contribution in [1.82, 2.24) is 30.2 Å². The maximum atomic E-state index is 12.3. The minimum atomic E-state index is -1.05. The highest BCUT2D eigenvalue weighted by Gasteiger charge is 2.16. The van der Waals surface area contributed by atoms with E-state index in [1.807, 2.05) is 60.0 Å². The van der Waals surface area contributed by atoms with Gasteiger partial charge in [0.05, 0.1) is 6.42 Å². The maximum absolute atomic E-state index is 12.3. The Labute approximate surface area is 183 Å². The number of hydrogen-bond acceptors (Lipinski definition) is 6. The van der Waals surface area contributed by atoms with Crippen LogP contribution in [0.15, 0.2) is 53.3 Å². The summed E-state index contributed by atoms with van der Waals surface area (Å²) >= 11 is 0. The third-order valence-corrected chi connectivity index (χ3v) is 5.42. The normalized spacial score (nSPS) is 10.9. The van der Waals surface area contributed by atoms with E-state index in [-0.39, 0.29) is 12.0 Å². The Bertz CT molecular complexity index is 1310. The summed E-state index contributed by atoms with van der Waals surface area (Å²) in [5, 5.41) is 23.3. The minimum absolute atomic E-state index is 0.223. The van der Waals surface area contributed by atoms with Gasteiger partial charge in [-0.05, 0) is 34.0 Å². The first-order chi connectivity index (χ1) is 15.5. The summed E-state index contributed by atoms with van der Waals surface area (Å²) < 4.78 is 1.92. The Balaban J connectivity index is 1.68. The molecule has 0 aliphatic heterocycles. The van der Waals surface area contributed by atoms with Gasteiger partial charge in [0.25, 0.3) is 5.56 Å². The highest BCUT2D eigenvalue weighted by Crippen LogP contribution is 2.29.